The third kappa shape index (κ3) is 4.08. The fourth-order valence-corrected chi connectivity index (χ4v) is 1.27. The maximum atomic E-state index is 11.5. The van der Waals surface area contributed by atoms with Gasteiger partial charge in [-0.3, -0.25) is 0 Å². The molecular weight excluding hydrogens is 228 g/mol. The standard InChI is InChI=1S/C11H15ClN2O2/c1-11(2,7-15)14-10(16)13-9-5-3-4-8(12)6-9/h3-6,15H,7H2,1-2H3,(H2,13,14,16). The zero-order valence-electron chi connectivity index (χ0n) is 9.25. The average Bonchev–Trinajstić information content (AvgIpc) is 2.16. The summed E-state index contributed by atoms with van der Waals surface area (Å²) in [6.45, 7) is 3.32. The number of aliphatic hydroxyl groups excluding tert-OH is 1. The lowest BCUT2D eigenvalue weighted by molar-refractivity contribution is 0.187. The lowest BCUT2D eigenvalue weighted by Crippen LogP contribution is -2.48. The highest BCUT2D eigenvalue weighted by molar-refractivity contribution is 6.30. The van der Waals surface area contributed by atoms with Gasteiger partial charge in [0.1, 0.15) is 0 Å². The Kier molecular flexibility index (Phi) is 4.15. The number of aliphatic hydroxyl groups is 1. The summed E-state index contributed by atoms with van der Waals surface area (Å²) < 4.78 is 0. The van der Waals surface area contributed by atoms with Crippen molar-refractivity contribution < 1.29 is 9.90 Å². The Morgan fingerprint density at radius 2 is 2.19 bits per heavy atom. The summed E-state index contributed by atoms with van der Waals surface area (Å²) in [5.41, 5.74) is -0.0402. The van der Waals surface area contributed by atoms with Crippen LogP contribution in [0, 0.1) is 0 Å². The monoisotopic (exact) mass is 242 g/mol. The Morgan fingerprint density at radius 1 is 1.50 bits per heavy atom. The molecule has 1 aromatic carbocycles. The molecule has 0 aliphatic rings. The SMILES string of the molecule is CC(C)(CO)NC(=O)Nc1cccc(Cl)c1. The van der Waals surface area contributed by atoms with Crippen LogP contribution in [-0.2, 0) is 0 Å². The number of carbonyl (C=O) groups is 1. The first kappa shape index (κ1) is 12.8. The van der Waals surface area contributed by atoms with Gasteiger partial charge in [0.2, 0.25) is 0 Å². The third-order valence-corrected chi connectivity index (χ3v) is 2.16. The van der Waals surface area contributed by atoms with E-state index in [1.54, 1.807) is 38.1 Å². The van der Waals surface area contributed by atoms with Crippen molar-refractivity contribution in [3.8, 4) is 0 Å². The summed E-state index contributed by atoms with van der Waals surface area (Å²) in [6.07, 6.45) is 0. The van der Waals surface area contributed by atoms with E-state index in [9.17, 15) is 4.79 Å². The molecule has 0 heterocycles. The van der Waals surface area contributed by atoms with E-state index in [4.69, 9.17) is 16.7 Å². The van der Waals surface area contributed by atoms with Gasteiger partial charge in [0, 0.05) is 10.7 Å². The van der Waals surface area contributed by atoms with Crippen molar-refractivity contribution in [3.05, 3.63) is 29.3 Å². The minimum absolute atomic E-state index is 0.129. The second-order valence-electron chi connectivity index (χ2n) is 4.13. The van der Waals surface area contributed by atoms with Gasteiger partial charge in [-0.25, -0.2) is 4.79 Å². The van der Waals surface area contributed by atoms with Crippen molar-refractivity contribution >= 4 is 23.3 Å². The van der Waals surface area contributed by atoms with E-state index >= 15 is 0 Å². The van der Waals surface area contributed by atoms with Crippen LogP contribution in [0.15, 0.2) is 24.3 Å². The zero-order chi connectivity index (χ0) is 12.2. The minimum Gasteiger partial charge on any atom is -0.394 e. The molecule has 0 saturated carbocycles. The van der Waals surface area contributed by atoms with Gasteiger partial charge in [0.05, 0.1) is 12.1 Å². The van der Waals surface area contributed by atoms with Gasteiger partial charge in [0.15, 0.2) is 0 Å². The summed E-state index contributed by atoms with van der Waals surface area (Å²) in [7, 11) is 0. The summed E-state index contributed by atoms with van der Waals surface area (Å²) in [5, 5.41) is 14.8. The number of benzene rings is 1. The van der Waals surface area contributed by atoms with Gasteiger partial charge < -0.3 is 15.7 Å². The van der Waals surface area contributed by atoms with Gasteiger partial charge in [-0.1, -0.05) is 17.7 Å². The molecule has 4 nitrogen and oxygen atoms in total. The maximum absolute atomic E-state index is 11.5. The molecule has 0 radical (unpaired) electrons. The van der Waals surface area contributed by atoms with Gasteiger partial charge in [-0.05, 0) is 32.0 Å². The molecule has 0 saturated heterocycles. The molecule has 0 unspecified atom stereocenters. The highest BCUT2D eigenvalue weighted by atomic mass is 35.5. The number of carbonyl (C=O) groups excluding carboxylic acids is 1. The summed E-state index contributed by atoms with van der Waals surface area (Å²) in [5.74, 6) is 0. The van der Waals surface area contributed by atoms with Crippen LogP contribution < -0.4 is 10.6 Å². The second-order valence-corrected chi connectivity index (χ2v) is 4.57. The molecule has 0 bridgehead atoms. The van der Waals surface area contributed by atoms with Crippen molar-refractivity contribution in [2.24, 2.45) is 0 Å². The zero-order valence-corrected chi connectivity index (χ0v) is 10.0. The van der Waals surface area contributed by atoms with Crippen LogP contribution in [0.1, 0.15) is 13.8 Å². The normalized spacial score (nSPS) is 11.0. The number of nitrogens with one attached hydrogen (secondary N) is 2. The molecule has 1 aromatic rings. The highest BCUT2D eigenvalue weighted by Crippen LogP contribution is 2.14. The van der Waals surface area contributed by atoms with Gasteiger partial charge >= 0.3 is 6.03 Å². The van der Waals surface area contributed by atoms with Gasteiger partial charge in [-0.2, -0.15) is 0 Å². The summed E-state index contributed by atoms with van der Waals surface area (Å²) >= 11 is 5.78. The largest absolute Gasteiger partial charge is 0.394 e. The molecular formula is C11H15ClN2O2. The molecule has 0 spiro atoms. The molecule has 0 aliphatic heterocycles. The van der Waals surface area contributed by atoms with Crippen LogP contribution in [0.3, 0.4) is 0 Å². The van der Waals surface area contributed by atoms with E-state index in [1.165, 1.54) is 0 Å². The Morgan fingerprint density at radius 3 is 2.75 bits per heavy atom. The van der Waals surface area contributed by atoms with Crippen molar-refractivity contribution in [1.82, 2.24) is 5.32 Å². The fourth-order valence-electron chi connectivity index (χ4n) is 1.08. The smallest absolute Gasteiger partial charge is 0.319 e. The maximum Gasteiger partial charge on any atom is 0.319 e. The van der Waals surface area contributed by atoms with Crippen molar-refractivity contribution in [1.29, 1.82) is 0 Å². The first-order valence-corrected chi connectivity index (χ1v) is 5.26. The number of rotatable bonds is 3. The second kappa shape index (κ2) is 5.18. The number of hydrogen-bond acceptors (Lipinski definition) is 2. The number of halogens is 1. The molecule has 0 fully saturated rings. The lowest BCUT2D eigenvalue weighted by atomic mass is 10.1. The van der Waals surface area contributed by atoms with Crippen LogP contribution in [0.5, 0.6) is 0 Å². The van der Waals surface area contributed by atoms with Crippen LogP contribution in [0.25, 0.3) is 0 Å². The van der Waals surface area contributed by atoms with Gasteiger partial charge in [0.25, 0.3) is 0 Å². The molecule has 3 N–H and O–H groups in total. The molecule has 5 heteroatoms. The number of amides is 2. The van der Waals surface area contributed by atoms with Gasteiger partial charge in [-0.15, -0.1) is 0 Å². The summed E-state index contributed by atoms with van der Waals surface area (Å²) in [4.78, 5) is 11.5. The number of urea groups is 1. The van der Waals surface area contributed by atoms with Crippen LogP contribution in [-0.4, -0.2) is 23.3 Å². The van der Waals surface area contributed by atoms with Crippen molar-refractivity contribution in [2.75, 3.05) is 11.9 Å². The topological polar surface area (TPSA) is 61.4 Å². The van der Waals surface area contributed by atoms with E-state index in [-0.39, 0.29) is 12.6 Å². The predicted molar refractivity (Wildman–Crippen MR) is 64.8 cm³/mol. The van der Waals surface area contributed by atoms with Crippen molar-refractivity contribution in [2.45, 2.75) is 19.4 Å². The number of anilines is 1. The number of hydrogen-bond donors (Lipinski definition) is 3. The molecule has 0 atom stereocenters. The van der Waals surface area contributed by atoms with E-state index in [0.717, 1.165) is 0 Å². The van der Waals surface area contributed by atoms with E-state index < -0.39 is 5.54 Å². The first-order valence-electron chi connectivity index (χ1n) is 4.88. The fraction of sp³-hybridized carbons (Fsp3) is 0.364. The molecule has 2 amide bonds. The van der Waals surface area contributed by atoms with Crippen LogP contribution in [0.2, 0.25) is 5.02 Å². The van der Waals surface area contributed by atoms with Crippen molar-refractivity contribution in [3.63, 3.8) is 0 Å². The average molecular weight is 243 g/mol. The van der Waals surface area contributed by atoms with Crippen LogP contribution in [0.4, 0.5) is 10.5 Å². The molecule has 1 rings (SSSR count). The molecule has 88 valence electrons. The Hall–Kier alpha value is -1.26. The van der Waals surface area contributed by atoms with E-state index in [0.29, 0.717) is 10.7 Å². The first-order chi connectivity index (χ1) is 7.43. The predicted octanol–water partition coefficient (Wildman–Crippen LogP) is 2.23. The highest BCUT2D eigenvalue weighted by Gasteiger charge is 2.18. The molecule has 0 aliphatic carbocycles. The summed E-state index contributed by atoms with van der Waals surface area (Å²) in [6, 6.07) is 6.48. The van der Waals surface area contributed by atoms with E-state index in [1.807, 2.05) is 0 Å². The third-order valence-electron chi connectivity index (χ3n) is 1.93. The quantitative estimate of drug-likeness (QED) is 0.761. The lowest BCUT2D eigenvalue weighted by Gasteiger charge is -2.23. The molecule has 16 heavy (non-hydrogen) atoms. The minimum atomic E-state index is -0.650. The Labute approximate surface area is 99.6 Å². The van der Waals surface area contributed by atoms with E-state index in [2.05, 4.69) is 10.6 Å². The Balaban J connectivity index is 2.59. The van der Waals surface area contributed by atoms with Crippen LogP contribution >= 0.6 is 11.6 Å². The Bertz CT molecular complexity index is 380. The molecule has 0 aromatic heterocycles.